The maximum absolute atomic E-state index is 11.3. The first-order valence-electron chi connectivity index (χ1n) is 5.23. The quantitative estimate of drug-likeness (QED) is 0.686. The zero-order valence-electron chi connectivity index (χ0n) is 8.92. The van der Waals surface area contributed by atoms with Gasteiger partial charge in [0.15, 0.2) is 0 Å². The van der Waals surface area contributed by atoms with Crippen LogP contribution in [-0.4, -0.2) is 15.2 Å². The van der Waals surface area contributed by atoms with Gasteiger partial charge in [0.1, 0.15) is 0 Å². The SMILES string of the molecule is O=c1ccc2ccc(-c3ccnnc3)cc2[nH]1. The van der Waals surface area contributed by atoms with Crippen LogP contribution in [0.2, 0.25) is 0 Å². The van der Waals surface area contributed by atoms with Crippen molar-refractivity contribution in [3.05, 3.63) is 59.1 Å². The minimum atomic E-state index is -0.0949. The number of aromatic nitrogens is 3. The van der Waals surface area contributed by atoms with E-state index in [9.17, 15) is 4.79 Å². The van der Waals surface area contributed by atoms with Crippen molar-refractivity contribution in [2.45, 2.75) is 0 Å². The monoisotopic (exact) mass is 223 g/mol. The third kappa shape index (κ3) is 1.80. The Morgan fingerprint density at radius 2 is 1.82 bits per heavy atom. The van der Waals surface area contributed by atoms with E-state index < -0.39 is 0 Å². The molecule has 3 rings (SSSR count). The lowest BCUT2D eigenvalue weighted by Crippen LogP contribution is -2.02. The van der Waals surface area contributed by atoms with Gasteiger partial charge in [-0.05, 0) is 29.1 Å². The van der Waals surface area contributed by atoms with E-state index in [4.69, 9.17) is 0 Å². The first-order valence-corrected chi connectivity index (χ1v) is 5.23. The normalized spacial score (nSPS) is 10.6. The lowest BCUT2D eigenvalue weighted by Gasteiger charge is -2.02. The summed E-state index contributed by atoms with van der Waals surface area (Å²) in [7, 11) is 0. The number of nitrogens with one attached hydrogen (secondary N) is 1. The fourth-order valence-corrected chi connectivity index (χ4v) is 1.79. The lowest BCUT2D eigenvalue weighted by atomic mass is 10.1. The number of hydrogen-bond donors (Lipinski definition) is 1. The Bertz CT molecular complexity index is 719. The van der Waals surface area contributed by atoms with Gasteiger partial charge in [-0.3, -0.25) is 4.79 Å². The smallest absolute Gasteiger partial charge is 0.248 e. The van der Waals surface area contributed by atoms with Crippen LogP contribution in [0.5, 0.6) is 0 Å². The molecule has 0 atom stereocenters. The highest BCUT2D eigenvalue weighted by atomic mass is 16.1. The highest BCUT2D eigenvalue weighted by Crippen LogP contribution is 2.21. The molecule has 82 valence electrons. The van der Waals surface area contributed by atoms with Crippen LogP contribution < -0.4 is 5.56 Å². The average molecular weight is 223 g/mol. The van der Waals surface area contributed by atoms with E-state index in [-0.39, 0.29) is 5.56 Å². The summed E-state index contributed by atoms with van der Waals surface area (Å²) in [5.41, 5.74) is 2.72. The van der Waals surface area contributed by atoms with Gasteiger partial charge in [-0.25, -0.2) is 0 Å². The summed E-state index contributed by atoms with van der Waals surface area (Å²) in [6.45, 7) is 0. The number of nitrogens with zero attached hydrogens (tertiary/aromatic N) is 2. The van der Waals surface area contributed by atoms with Gasteiger partial charge in [0.05, 0.1) is 12.4 Å². The number of pyridine rings is 1. The molecule has 2 heterocycles. The maximum Gasteiger partial charge on any atom is 0.248 e. The topological polar surface area (TPSA) is 58.6 Å². The van der Waals surface area contributed by atoms with Gasteiger partial charge in [-0.2, -0.15) is 10.2 Å². The second-order valence-corrected chi connectivity index (χ2v) is 3.76. The molecule has 4 heteroatoms. The zero-order chi connectivity index (χ0) is 11.7. The Kier molecular flexibility index (Phi) is 2.19. The van der Waals surface area contributed by atoms with Crippen molar-refractivity contribution in [2.75, 3.05) is 0 Å². The summed E-state index contributed by atoms with van der Waals surface area (Å²) >= 11 is 0. The molecule has 0 radical (unpaired) electrons. The summed E-state index contributed by atoms with van der Waals surface area (Å²) in [5.74, 6) is 0. The number of fused-ring (bicyclic) bond motifs is 1. The van der Waals surface area contributed by atoms with Gasteiger partial charge in [-0.15, -0.1) is 0 Å². The van der Waals surface area contributed by atoms with Crippen molar-refractivity contribution in [2.24, 2.45) is 0 Å². The van der Waals surface area contributed by atoms with E-state index in [1.165, 1.54) is 6.07 Å². The largest absolute Gasteiger partial charge is 0.322 e. The van der Waals surface area contributed by atoms with E-state index in [2.05, 4.69) is 15.2 Å². The summed E-state index contributed by atoms with van der Waals surface area (Å²) in [5, 5.41) is 8.59. The van der Waals surface area contributed by atoms with Gasteiger partial charge in [0.25, 0.3) is 0 Å². The number of H-pyrrole nitrogens is 1. The molecule has 17 heavy (non-hydrogen) atoms. The van der Waals surface area contributed by atoms with Crippen molar-refractivity contribution in [1.29, 1.82) is 0 Å². The Hall–Kier alpha value is -2.49. The fraction of sp³-hybridized carbons (Fsp3) is 0. The van der Waals surface area contributed by atoms with Gasteiger partial charge >= 0.3 is 0 Å². The molecule has 4 nitrogen and oxygen atoms in total. The summed E-state index contributed by atoms with van der Waals surface area (Å²) in [6, 6.07) is 11.1. The molecule has 0 aliphatic carbocycles. The molecule has 0 spiro atoms. The van der Waals surface area contributed by atoms with Crippen LogP contribution in [0.25, 0.3) is 22.0 Å². The van der Waals surface area contributed by atoms with Crippen LogP contribution in [0, 0.1) is 0 Å². The molecule has 0 aliphatic rings. The van der Waals surface area contributed by atoms with Crippen LogP contribution >= 0.6 is 0 Å². The molecular formula is C13H9N3O. The van der Waals surface area contributed by atoms with E-state index >= 15 is 0 Å². The number of aromatic amines is 1. The predicted octanol–water partition coefficient (Wildman–Crippen LogP) is 1.99. The first kappa shape index (κ1) is 9.72. The number of hydrogen-bond acceptors (Lipinski definition) is 3. The van der Waals surface area contributed by atoms with E-state index in [1.54, 1.807) is 12.4 Å². The van der Waals surface area contributed by atoms with Gasteiger partial charge in [0.2, 0.25) is 5.56 Å². The Balaban J connectivity index is 2.23. The van der Waals surface area contributed by atoms with Gasteiger partial charge in [0, 0.05) is 17.1 Å². The number of benzene rings is 1. The third-order valence-corrected chi connectivity index (χ3v) is 2.64. The molecule has 0 aliphatic heterocycles. The van der Waals surface area contributed by atoms with Crippen LogP contribution in [-0.2, 0) is 0 Å². The molecule has 0 amide bonds. The second kappa shape index (κ2) is 3.83. The highest BCUT2D eigenvalue weighted by Gasteiger charge is 2.00. The molecule has 3 aromatic rings. The van der Waals surface area contributed by atoms with E-state index in [0.29, 0.717) is 0 Å². The standard InChI is InChI=1S/C13H9N3O/c17-13-4-3-9-1-2-10(7-12(9)16-13)11-5-6-14-15-8-11/h1-8H,(H,16,17). The molecule has 1 aromatic carbocycles. The zero-order valence-corrected chi connectivity index (χ0v) is 8.92. The molecular weight excluding hydrogens is 214 g/mol. The number of rotatable bonds is 1. The van der Waals surface area contributed by atoms with Crippen LogP contribution in [0.3, 0.4) is 0 Å². The lowest BCUT2D eigenvalue weighted by molar-refractivity contribution is 1.03. The van der Waals surface area contributed by atoms with Gasteiger partial charge in [-0.1, -0.05) is 12.1 Å². The molecule has 1 N–H and O–H groups in total. The molecule has 0 fully saturated rings. The summed E-state index contributed by atoms with van der Waals surface area (Å²) in [6.07, 6.45) is 3.34. The van der Waals surface area contributed by atoms with Crippen LogP contribution in [0.15, 0.2) is 53.6 Å². The summed E-state index contributed by atoms with van der Waals surface area (Å²) in [4.78, 5) is 14.1. The fourth-order valence-electron chi connectivity index (χ4n) is 1.79. The van der Waals surface area contributed by atoms with Crippen LogP contribution in [0.1, 0.15) is 0 Å². The Labute approximate surface area is 97.0 Å². The second-order valence-electron chi connectivity index (χ2n) is 3.76. The Morgan fingerprint density at radius 1 is 0.941 bits per heavy atom. The van der Waals surface area contributed by atoms with Crippen LogP contribution in [0.4, 0.5) is 0 Å². The van der Waals surface area contributed by atoms with E-state index in [0.717, 1.165) is 22.0 Å². The molecule has 0 unspecified atom stereocenters. The predicted molar refractivity (Wildman–Crippen MR) is 65.6 cm³/mol. The minimum Gasteiger partial charge on any atom is -0.322 e. The first-order chi connectivity index (χ1) is 8.33. The Morgan fingerprint density at radius 3 is 2.65 bits per heavy atom. The van der Waals surface area contributed by atoms with E-state index in [1.807, 2.05) is 30.3 Å². The highest BCUT2D eigenvalue weighted by molar-refractivity contribution is 5.83. The average Bonchev–Trinajstić information content (AvgIpc) is 2.39. The van der Waals surface area contributed by atoms with Crippen molar-refractivity contribution >= 4 is 10.9 Å². The summed E-state index contributed by atoms with van der Waals surface area (Å²) < 4.78 is 0. The van der Waals surface area contributed by atoms with Gasteiger partial charge < -0.3 is 4.98 Å². The van der Waals surface area contributed by atoms with Crippen molar-refractivity contribution < 1.29 is 0 Å². The molecule has 2 aromatic heterocycles. The third-order valence-electron chi connectivity index (χ3n) is 2.64. The van der Waals surface area contributed by atoms with Crippen molar-refractivity contribution in [1.82, 2.24) is 15.2 Å². The van der Waals surface area contributed by atoms with Crippen molar-refractivity contribution in [3.8, 4) is 11.1 Å². The van der Waals surface area contributed by atoms with Crippen molar-refractivity contribution in [3.63, 3.8) is 0 Å². The molecule has 0 bridgehead atoms. The minimum absolute atomic E-state index is 0.0949. The molecule has 0 saturated heterocycles. The maximum atomic E-state index is 11.3. The molecule has 0 saturated carbocycles.